The lowest BCUT2D eigenvalue weighted by Gasteiger charge is -2.34. The molecule has 1 fully saturated rings. The van der Waals surface area contributed by atoms with Gasteiger partial charge < -0.3 is 10.2 Å². The molecule has 21 heavy (non-hydrogen) atoms. The first-order valence-corrected chi connectivity index (χ1v) is 9.00. The van der Waals surface area contributed by atoms with Crippen molar-refractivity contribution in [2.45, 2.75) is 39.0 Å². The quantitative estimate of drug-likeness (QED) is 0.445. The molecule has 1 N–H and O–H groups in total. The van der Waals surface area contributed by atoms with Crippen LogP contribution in [0.1, 0.15) is 28.9 Å². The molecule has 0 spiro atoms. The average molecular weight is 440 g/mol. The zero-order valence-corrected chi connectivity index (χ0v) is 17.1. The van der Waals surface area contributed by atoms with E-state index < -0.39 is 0 Å². The van der Waals surface area contributed by atoms with Crippen molar-refractivity contribution in [2.75, 3.05) is 25.9 Å². The van der Waals surface area contributed by atoms with Gasteiger partial charge in [0.25, 0.3) is 0 Å². The van der Waals surface area contributed by atoms with Gasteiger partial charge in [0, 0.05) is 36.0 Å². The Kier molecular flexibility index (Phi) is 8.33. The van der Waals surface area contributed by atoms with E-state index in [2.05, 4.69) is 52.7 Å². The Morgan fingerprint density at radius 3 is 2.81 bits per heavy atom. The van der Waals surface area contributed by atoms with Gasteiger partial charge >= 0.3 is 0 Å². The zero-order chi connectivity index (χ0) is 14.5. The number of aromatic nitrogens is 1. The van der Waals surface area contributed by atoms with Crippen LogP contribution in [0.25, 0.3) is 0 Å². The number of nitrogens with zero attached hydrogens (tertiary/aromatic N) is 3. The molecule has 2 rings (SSSR count). The van der Waals surface area contributed by atoms with Gasteiger partial charge in [-0.15, -0.1) is 35.3 Å². The van der Waals surface area contributed by atoms with Crippen LogP contribution < -0.4 is 5.32 Å². The van der Waals surface area contributed by atoms with E-state index in [-0.39, 0.29) is 24.0 Å². The van der Waals surface area contributed by atoms with Crippen LogP contribution in [0.5, 0.6) is 0 Å². The van der Waals surface area contributed by atoms with Gasteiger partial charge in [0.1, 0.15) is 0 Å². The van der Waals surface area contributed by atoms with Crippen molar-refractivity contribution in [3.63, 3.8) is 0 Å². The fraction of sp³-hybridized carbons (Fsp3) is 0.714. The highest BCUT2D eigenvalue weighted by Gasteiger charge is 2.21. The van der Waals surface area contributed by atoms with E-state index in [1.54, 1.807) is 11.3 Å². The molecule has 0 aromatic carbocycles. The first-order chi connectivity index (χ1) is 9.63. The van der Waals surface area contributed by atoms with Crippen LogP contribution >= 0.6 is 47.1 Å². The predicted octanol–water partition coefficient (Wildman–Crippen LogP) is 3.28. The number of hydrogen-bond acceptors (Lipinski definition) is 4. The number of guanidine groups is 1. The Bertz CT molecular complexity index is 476. The highest BCUT2D eigenvalue weighted by Crippen LogP contribution is 2.21. The second-order valence-electron chi connectivity index (χ2n) is 4.99. The molecule has 0 aliphatic carbocycles. The SMILES string of the molecule is CCC1CN(C(=NC)NCc2sc(C)nc2C)CCS1.I. The van der Waals surface area contributed by atoms with Gasteiger partial charge in [-0.2, -0.15) is 11.8 Å². The van der Waals surface area contributed by atoms with Crippen LogP contribution in [0.3, 0.4) is 0 Å². The maximum atomic E-state index is 4.47. The van der Waals surface area contributed by atoms with Gasteiger partial charge in [-0.05, 0) is 20.3 Å². The summed E-state index contributed by atoms with van der Waals surface area (Å²) in [6.45, 7) is 9.41. The van der Waals surface area contributed by atoms with E-state index in [1.807, 2.05) is 7.05 Å². The van der Waals surface area contributed by atoms with Gasteiger partial charge in [0.15, 0.2) is 5.96 Å². The van der Waals surface area contributed by atoms with Crippen molar-refractivity contribution in [3.05, 3.63) is 15.6 Å². The van der Waals surface area contributed by atoms with Crippen molar-refractivity contribution < 1.29 is 0 Å². The number of hydrogen-bond donors (Lipinski definition) is 1. The minimum absolute atomic E-state index is 0. The van der Waals surface area contributed by atoms with E-state index in [4.69, 9.17) is 0 Å². The number of thiazole rings is 1. The molecule has 1 aliphatic rings. The predicted molar refractivity (Wildman–Crippen MR) is 105 cm³/mol. The molecule has 1 atom stereocenters. The Hall–Kier alpha value is -0.0200. The van der Waals surface area contributed by atoms with Crippen LogP contribution in [0, 0.1) is 13.8 Å². The molecule has 2 heterocycles. The number of aryl methyl sites for hydroxylation is 2. The normalized spacial score (nSPS) is 19.3. The fourth-order valence-electron chi connectivity index (χ4n) is 2.39. The summed E-state index contributed by atoms with van der Waals surface area (Å²) < 4.78 is 0. The van der Waals surface area contributed by atoms with Gasteiger partial charge in [-0.3, -0.25) is 4.99 Å². The molecule has 0 bridgehead atoms. The first-order valence-electron chi connectivity index (χ1n) is 7.14. The van der Waals surface area contributed by atoms with Gasteiger partial charge in [0.05, 0.1) is 17.2 Å². The smallest absolute Gasteiger partial charge is 0.194 e. The highest BCUT2D eigenvalue weighted by atomic mass is 127. The van der Waals surface area contributed by atoms with Gasteiger partial charge in [-0.1, -0.05) is 6.92 Å². The van der Waals surface area contributed by atoms with Gasteiger partial charge in [0.2, 0.25) is 0 Å². The minimum atomic E-state index is 0. The Morgan fingerprint density at radius 2 is 2.24 bits per heavy atom. The van der Waals surface area contributed by atoms with Crippen LogP contribution in [-0.2, 0) is 6.54 Å². The monoisotopic (exact) mass is 440 g/mol. The summed E-state index contributed by atoms with van der Waals surface area (Å²) >= 11 is 3.85. The molecule has 1 unspecified atom stereocenters. The zero-order valence-electron chi connectivity index (χ0n) is 13.2. The minimum Gasteiger partial charge on any atom is -0.351 e. The topological polar surface area (TPSA) is 40.5 Å². The fourth-order valence-corrected chi connectivity index (χ4v) is 4.44. The van der Waals surface area contributed by atoms with E-state index in [0.717, 1.165) is 41.5 Å². The van der Waals surface area contributed by atoms with Crippen molar-refractivity contribution in [2.24, 2.45) is 4.99 Å². The lowest BCUT2D eigenvalue weighted by Crippen LogP contribution is -2.47. The molecule has 7 heteroatoms. The molecule has 0 radical (unpaired) electrons. The Balaban J connectivity index is 0.00000220. The van der Waals surface area contributed by atoms with E-state index in [1.165, 1.54) is 17.1 Å². The van der Waals surface area contributed by atoms with Crippen LogP contribution in [0.2, 0.25) is 0 Å². The van der Waals surface area contributed by atoms with Crippen LogP contribution in [0.15, 0.2) is 4.99 Å². The summed E-state index contributed by atoms with van der Waals surface area (Å²) in [5.41, 5.74) is 1.14. The first kappa shape index (κ1) is 19.0. The molecular formula is C14H25IN4S2. The van der Waals surface area contributed by atoms with Crippen molar-refractivity contribution in [3.8, 4) is 0 Å². The standard InChI is InChI=1S/C14H24N4S2.HI/c1-5-12-9-18(6-7-19-12)14(15-4)16-8-13-10(2)17-11(3)20-13;/h12H,5-9H2,1-4H3,(H,15,16);1H. The van der Waals surface area contributed by atoms with E-state index in [0.29, 0.717) is 0 Å². The van der Waals surface area contributed by atoms with Crippen molar-refractivity contribution >= 4 is 53.0 Å². The molecule has 1 aromatic heterocycles. The van der Waals surface area contributed by atoms with E-state index >= 15 is 0 Å². The third kappa shape index (κ3) is 5.28. The second kappa shape index (κ2) is 9.19. The lowest BCUT2D eigenvalue weighted by molar-refractivity contribution is 0.408. The molecule has 120 valence electrons. The molecule has 4 nitrogen and oxygen atoms in total. The van der Waals surface area contributed by atoms with Crippen molar-refractivity contribution in [1.82, 2.24) is 15.2 Å². The summed E-state index contributed by atoms with van der Waals surface area (Å²) in [6, 6.07) is 0. The number of thioether (sulfide) groups is 1. The number of nitrogens with one attached hydrogen (secondary N) is 1. The summed E-state index contributed by atoms with van der Waals surface area (Å²) in [6.07, 6.45) is 1.23. The van der Waals surface area contributed by atoms with Crippen LogP contribution in [-0.4, -0.2) is 47.0 Å². The lowest BCUT2D eigenvalue weighted by atomic mass is 10.3. The summed E-state index contributed by atoms with van der Waals surface area (Å²) in [7, 11) is 1.87. The third-order valence-corrected chi connectivity index (χ3v) is 5.96. The van der Waals surface area contributed by atoms with E-state index in [9.17, 15) is 0 Å². The van der Waals surface area contributed by atoms with Crippen LogP contribution in [0.4, 0.5) is 0 Å². The molecule has 1 aliphatic heterocycles. The average Bonchev–Trinajstić information content (AvgIpc) is 2.78. The molecular weight excluding hydrogens is 415 g/mol. The number of halogens is 1. The largest absolute Gasteiger partial charge is 0.351 e. The maximum absolute atomic E-state index is 4.47. The summed E-state index contributed by atoms with van der Waals surface area (Å²) in [5.74, 6) is 2.21. The summed E-state index contributed by atoms with van der Waals surface area (Å²) in [5, 5.41) is 5.36. The van der Waals surface area contributed by atoms with Crippen molar-refractivity contribution in [1.29, 1.82) is 0 Å². The molecule has 0 saturated carbocycles. The third-order valence-electron chi connectivity index (χ3n) is 3.51. The maximum Gasteiger partial charge on any atom is 0.194 e. The highest BCUT2D eigenvalue weighted by molar-refractivity contribution is 14.0. The number of rotatable bonds is 3. The number of aliphatic imine (C=N–C) groups is 1. The Morgan fingerprint density at radius 1 is 1.48 bits per heavy atom. The molecule has 0 amide bonds. The van der Waals surface area contributed by atoms with Gasteiger partial charge in [-0.25, -0.2) is 4.98 Å². The summed E-state index contributed by atoms with van der Waals surface area (Å²) in [4.78, 5) is 12.6. The second-order valence-corrected chi connectivity index (χ2v) is 7.69. The molecule has 1 aromatic rings. The Labute approximate surface area is 153 Å². The molecule has 1 saturated heterocycles.